The summed E-state index contributed by atoms with van der Waals surface area (Å²) < 4.78 is 29.4. The van der Waals surface area contributed by atoms with Crippen LogP contribution in [0.2, 0.25) is 0 Å². The second kappa shape index (κ2) is 5.58. The van der Waals surface area contributed by atoms with Gasteiger partial charge in [0, 0.05) is 6.26 Å². The number of nitriles is 1. The molecule has 0 N–H and O–H groups in total. The molecule has 0 aliphatic rings. The van der Waals surface area contributed by atoms with Crippen LogP contribution in [-0.2, 0) is 9.84 Å². The van der Waals surface area contributed by atoms with E-state index >= 15 is 0 Å². The second-order valence-corrected chi connectivity index (χ2v) is 6.96. The van der Waals surface area contributed by atoms with E-state index in [2.05, 4.69) is 0 Å². The lowest BCUT2D eigenvalue weighted by molar-refractivity contribution is 0.467. The Bertz CT molecular complexity index is 813. The van der Waals surface area contributed by atoms with Gasteiger partial charge in [0.05, 0.1) is 11.6 Å². The van der Waals surface area contributed by atoms with Crippen LogP contribution in [0.1, 0.15) is 16.7 Å². The second-order valence-electron chi connectivity index (χ2n) is 4.97. The van der Waals surface area contributed by atoms with Crippen molar-refractivity contribution in [3.63, 3.8) is 0 Å². The fourth-order valence-electron chi connectivity index (χ4n) is 2.07. The third-order valence-electron chi connectivity index (χ3n) is 2.90. The summed E-state index contributed by atoms with van der Waals surface area (Å²) in [6.45, 7) is 3.88. The maximum Gasteiger partial charge on any atom is 0.179 e. The molecular formula is C16H15NO3S. The predicted molar refractivity (Wildman–Crippen MR) is 80.3 cm³/mol. The molecule has 2 rings (SSSR count). The van der Waals surface area contributed by atoms with Gasteiger partial charge in [-0.05, 0) is 55.3 Å². The fourth-order valence-corrected chi connectivity index (χ4v) is 2.89. The van der Waals surface area contributed by atoms with Gasteiger partial charge >= 0.3 is 0 Å². The molecule has 0 fully saturated rings. The molecule has 0 unspecified atom stereocenters. The van der Waals surface area contributed by atoms with Crippen molar-refractivity contribution in [1.29, 1.82) is 5.26 Å². The van der Waals surface area contributed by atoms with E-state index in [0.717, 1.165) is 17.4 Å². The molecule has 0 amide bonds. The first-order valence-corrected chi connectivity index (χ1v) is 8.19. The number of aryl methyl sites for hydroxylation is 2. The van der Waals surface area contributed by atoms with E-state index in [4.69, 9.17) is 10.00 Å². The lowest BCUT2D eigenvalue weighted by Crippen LogP contribution is -2.01. The van der Waals surface area contributed by atoms with Gasteiger partial charge in [0.1, 0.15) is 16.4 Å². The molecule has 2 aromatic carbocycles. The Morgan fingerprint density at radius 2 is 1.67 bits per heavy atom. The van der Waals surface area contributed by atoms with Gasteiger partial charge in [-0.25, -0.2) is 8.42 Å². The van der Waals surface area contributed by atoms with E-state index in [1.54, 1.807) is 0 Å². The molecule has 0 heterocycles. The summed E-state index contributed by atoms with van der Waals surface area (Å²) in [6.07, 6.45) is 1.10. The van der Waals surface area contributed by atoms with Gasteiger partial charge in [-0.15, -0.1) is 0 Å². The Hall–Kier alpha value is -2.32. The van der Waals surface area contributed by atoms with Gasteiger partial charge in [0.25, 0.3) is 0 Å². The summed E-state index contributed by atoms with van der Waals surface area (Å²) in [7, 11) is -3.48. The molecular weight excluding hydrogens is 286 g/mol. The maximum absolute atomic E-state index is 11.9. The molecule has 5 heteroatoms. The normalized spacial score (nSPS) is 11.0. The summed E-state index contributed by atoms with van der Waals surface area (Å²) >= 11 is 0. The minimum absolute atomic E-state index is 0.0145. The highest BCUT2D eigenvalue weighted by Crippen LogP contribution is 2.30. The van der Waals surface area contributed by atoms with Crippen LogP contribution in [0.4, 0.5) is 0 Å². The average Bonchev–Trinajstić information content (AvgIpc) is 2.36. The Morgan fingerprint density at radius 3 is 2.19 bits per heavy atom. The van der Waals surface area contributed by atoms with Crippen LogP contribution in [-0.4, -0.2) is 14.7 Å². The van der Waals surface area contributed by atoms with Crippen molar-refractivity contribution < 1.29 is 13.2 Å². The number of rotatable bonds is 3. The van der Waals surface area contributed by atoms with Crippen molar-refractivity contribution in [2.24, 2.45) is 0 Å². The monoisotopic (exact) mass is 301 g/mol. The van der Waals surface area contributed by atoms with E-state index in [-0.39, 0.29) is 16.2 Å². The van der Waals surface area contributed by atoms with Crippen molar-refractivity contribution >= 4 is 9.84 Å². The molecule has 21 heavy (non-hydrogen) atoms. The fraction of sp³-hybridized carbons (Fsp3) is 0.188. The van der Waals surface area contributed by atoms with Crippen LogP contribution in [0.25, 0.3) is 0 Å². The van der Waals surface area contributed by atoms with E-state index < -0.39 is 9.84 Å². The number of hydrogen-bond acceptors (Lipinski definition) is 4. The van der Waals surface area contributed by atoms with Gasteiger partial charge in [-0.2, -0.15) is 5.26 Å². The third kappa shape index (κ3) is 3.61. The lowest BCUT2D eigenvalue weighted by atomic mass is 10.1. The molecule has 0 radical (unpaired) electrons. The number of benzene rings is 2. The molecule has 0 saturated heterocycles. The van der Waals surface area contributed by atoms with Gasteiger partial charge in [0.2, 0.25) is 0 Å². The third-order valence-corrected chi connectivity index (χ3v) is 4.01. The number of nitrogens with zero attached hydrogens (tertiary/aromatic N) is 1. The van der Waals surface area contributed by atoms with Gasteiger partial charge in [-0.3, -0.25) is 0 Å². The first kappa shape index (κ1) is 15.1. The van der Waals surface area contributed by atoms with Gasteiger partial charge in [-0.1, -0.05) is 6.07 Å². The Balaban J connectivity index is 2.52. The topological polar surface area (TPSA) is 67.2 Å². The molecule has 0 aliphatic heterocycles. The van der Waals surface area contributed by atoms with Crippen LogP contribution in [0.15, 0.2) is 41.3 Å². The van der Waals surface area contributed by atoms with Gasteiger partial charge < -0.3 is 4.74 Å². The van der Waals surface area contributed by atoms with Gasteiger partial charge in [0.15, 0.2) is 9.84 Å². The summed E-state index contributed by atoms with van der Waals surface area (Å²) in [6, 6.07) is 12.0. The number of sulfone groups is 1. The molecule has 0 spiro atoms. The first-order chi connectivity index (χ1) is 9.79. The smallest absolute Gasteiger partial charge is 0.179 e. The highest BCUT2D eigenvalue weighted by atomic mass is 32.2. The van der Waals surface area contributed by atoms with Crippen molar-refractivity contribution in [1.82, 2.24) is 0 Å². The Morgan fingerprint density at radius 1 is 1.05 bits per heavy atom. The minimum Gasteiger partial charge on any atom is -0.456 e. The summed E-state index contributed by atoms with van der Waals surface area (Å²) in [5.74, 6) is 0.795. The molecule has 0 aromatic heterocycles. The van der Waals surface area contributed by atoms with Crippen LogP contribution >= 0.6 is 0 Å². The zero-order valence-electron chi connectivity index (χ0n) is 12.0. The molecule has 0 bridgehead atoms. The quantitative estimate of drug-likeness (QED) is 0.871. The average molecular weight is 301 g/mol. The van der Waals surface area contributed by atoms with Crippen molar-refractivity contribution in [3.05, 3.63) is 53.1 Å². The molecule has 0 saturated carbocycles. The molecule has 0 atom stereocenters. The minimum atomic E-state index is -3.48. The zero-order chi connectivity index (χ0) is 15.6. The van der Waals surface area contributed by atoms with E-state index in [0.29, 0.717) is 5.75 Å². The van der Waals surface area contributed by atoms with Crippen LogP contribution in [0.3, 0.4) is 0 Å². The molecule has 4 nitrogen and oxygen atoms in total. The summed E-state index contributed by atoms with van der Waals surface area (Å²) in [5, 5.41) is 8.90. The van der Waals surface area contributed by atoms with Crippen molar-refractivity contribution in [2.75, 3.05) is 6.26 Å². The number of ether oxygens (including phenoxy) is 1. The van der Waals surface area contributed by atoms with E-state index in [9.17, 15) is 8.42 Å². The maximum atomic E-state index is 11.9. The van der Waals surface area contributed by atoms with Crippen molar-refractivity contribution in [2.45, 2.75) is 18.7 Å². The SMILES string of the molecule is Cc1cc(C)cc(Oc2ccc(C#N)cc2S(C)(=O)=O)c1. The zero-order valence-corrected chi connectivity index (χ0v) is 12.9. The Labute approximate surface area is 124 Å². The lowest BCUT2D eigenvalue weighted by Gasteiger charge is -2.11. The number of hydrogen-bond donors (Lipinski definition) is 0. The van der Waals surface area contributed by atoms with Crippen LogP contribution < -0.4 is 4.74 Å². The standard InChI is InChI=1S/C16H15NO3S/c1-11-6-12(2)8-14(7-11)20-15-5-4-13(10-17)9-16(15)21(3,18)19/h4-9H,1-3H3. The predicted octanol–water partition coefficient (Wildman–Crippen LogP) is 3.37. The molecule has 108 valence electrons. The highest BCUT2D eigenvalue weighted by molar-refractivity contribution is 7.90. The van der Waals surface area contributed by atoms with E-state index in [1.807, 2.05) is 38.1 Å². The summed E-state index contributed by atoms with van der Waals surface area (Å²) in [4.78, 5) is 0.0145. The first-order valence-electron chi connectivity index (χ1n) is 6.30. The van der Waals surface area contributed by atoms with Crippen LogP contribution in [0, 0.1) is 25.2 Å². The summed E-state index contributed by atoms with van der Waals surface area (Å²) in [5.41, 5.74) is 2.34. The molecule has 2 aromatic rings. The van der Waals surface area contributed by atoms with Crippen molar-refractivity contribution in [3.8, 4) is 17.6 Å². The van der Waals surface area contributed by atoms with Crippen LogP contribution in [0.5, 0.6) is 11.5 Å². The largest absolute Gasteiger partial charge is 0.456 e. The molecule has 0 aliphatic carbocycles. The highest BCUT2D eigenvalue weighted by Gasteiger charge is 2.16. The Kier molecular flexibility index (Phi) is 4.01. The van der Waals surface area contributed by atoms with E-state index in [1.165, 1.54) is 18.2 Å².